The van der Waals surface area contributed by atoms with E-state index < -0.39 is 34.9 Å². The topological polar surface area (TPSA) is 99.9 Å². The van der Waals surface area contributed by atoms with E-state index in [4.69, 9.17) is 16.0 Å². The number of nitrogens with one attached hydrogen (secondary N) is 1. The molecule has 4 aromatic rings. The van der Waals surface area contributed by atoms with Crippen LogP contribution in [0.5, 0.6) is 0 Å². The van der Waals surface area contributed by atoms with E-state index >= 15 is 0 Å². The van der Waals surface area contributed by atoms with Crippen molar-refractivity contribution in [3.8, 4) is 0 Å². The standard InChI is InChI=1S/C37H35ClF3N3O5/c38-27-11-8-23(9-12-27)19-30(42-35(47)33-21-31(45)29-20-26(37(39,40)41)10-13-32(29)49-33)36(48)43-17-14-24(15-18-43)28-6-2-1-5-25(28)22-44-16-4-3-7-34(44)46/h1-2,5-6,8-13,20-21,24,30H,3-4,7,14-19,22H2,(H,42,47)/t30-/m0/s1. The average molecular weight is 694 g/mol. The average Bonchev–Trinajstić information content (AvgIpc) is 3.09. The molecular formula is C37H35ClF3N3O5. The molecule has 1 atom stereocenters. The van der Waals surface area contributed by atoms with Crippen molar-refractivity contribution in [2.45, 2.75) is 63.2 Å². The first-order valence-electron chi connectivity index (χ1n) is 16.3. The molecule has 0 radical (unpaired) electrons. The molecular weight excluding hydrogens is 659 g/mol. The third-order valence-corrected chi connectivity index (χ3v) is 9.57. The second-order valence-electron chi connectivity index (χ2n) is 12.6. The van der Waals surface area contributed by atoms with Crippen LogP contribution in [-0.2, 0) is 28.7 Å². The molecule has 6 rings (SSSR count). The summed E-state index contributed by atoms with van der Waals surface area (Å²) in [6, 6.07) is 17.2. The van der Waals surface area contributed by atoms with Crippen molar-refractivity contribution >= 4 is 40.3 Å². The van der Waals surface area contributed by atoms with Crippen molar-refractivity contribution < 1.29 is 32.0 Å². The minimum atomic E-state index is -4.66. The third kappa shape index (κ3) is 7.99. The highest BCUT2D eigenvalue weighted by Crippen LogP contribution is 2.33. The summed E-state index contributed by atoms with van der Waals surface area (Å²) in [7, 11) is 0. The van der Waals surface area contributed by atoms with Gasteiger partial charge in [-0.15, -0.1) is 0 Å². The Balaban J connectivity index is 1.18. The van der Waals surface area contributed by atoms with E-state index in [-0.39, 0.29) is 35.1 Å². The lowest BCUT2D eigenvalue weighted by atomic mass is 9.86. The van der Waals surface area contributed by atoms with Crippen molar-refractivity contribution in [1.29, 1.82) is 0 Å². The maximum atomic E-state index is 14.0. The number of hydrogen-bond acceptors (Lipinski definition) is 5. The minimum absolute atomic E-state index is 0.126. The Bertz CT molecular complexity index is 1920. The maximum Gasteiger partial charge on any atom is 0.416 e. The van der Waals surface area contributed by atoms with E-state index in [9.17, 15) is 32.3 Å². The summed E-state index contributed by atoms with van der Waals surface area (Å²) in [5, 5.41) is 2.91. The van der Waals surface area contributed by atoms with Gasteiger partial charge in [0.15, 0.2) is 11.2 Å². The van der Waals surface area contributed by atoms with Gasteiger partial charge in [-0.05, 0) is 78.6 Å². The highest BCUT2D eigenvalue weighted by molar-refractivity contribution is 6.30. The van der Waals surface area contributed by atoms with Gasteiger partial charge in [-0.25, -0.2) is 0 Å². The zero-order valence-electron chi connectivity index (χ0n) is 26.6. The van der Waals surface area contributed by atoms with Gasteiger partial charge in [0.25, 0.3) is 5.91 Å². The van der Waals surface area contributed by atoms with Crippen LogP contribution in [0.4, 0.5) is 13.2 Å². The van der Waals surface area contributed by atoms with Crippen LogP contribution < -0.4 is 10.7 Å². The molecule has 0 bridgehead atoms. The Kier molecular flexibility index (Phi) is 10.1. The van der Waals surface area contributed by atoms with Crippen LogP contribution in [0.1, 0.15) is 70.8 Å². The van der Waals surface area contributed by atoms with E-state index in [2.05, 4.69) is 17.4 Å². The number of amides is 3. The van der Waals surface area contributed by atoms with Crippen LogP contribution in [0, 0.1) is 0 Å². The number of halogens is 4. The largest absolute Gasteiger partial charge is 0.451 e. The third-order valence-electron chi connectivity index (χ3n) is 9.32. The van der Waals surface area contributed by atoms with Gasteiger partial charge < -0.3 is 19.5 Å². The molecule has 12 heteroatoms. The molecule has 3 heterocycles. The number of piperidine rings is 2. The summed E-state index contributed by atoms with van der Waals surface area (Å²) in [6.45, 7) is 2.21. The van der Waals surface area contributed by atoms with Gasteiger partial charge in [-0.1, -0.05) is 48.0 Å². The van der Waals surface area contributed by atoms with Crippen LogP contribution in [0.25, 0.3) is 11.0 Å². The lowest BCUT2D eigenvalue weighted by Gasteiger charge is -2.36. The number of hydrogen-bond donors (Lipinski definition) is 1. The fourth-order valence-corrected chi connectivity index (χ4v) is 6.80. The molecule has 256 valence electrons. The lowest BCUT2D eigenvalue weighted by molar-refractivity contribution is -0.137. The summed E-state index contributed by atoms with van der Waals surface area (Å²) in [4.78, 5) is 56.3. The van der Waals surface area contributed by atoms with Crippen molar-refractivity contribution in [3.05, 3.63) is 116 Å². The van der Waals surface area contributed by atoms with Gasteiger partial charge in [0, 0.05) is 50.1 Å². The molecule has 3 aromatic carbocycles. The van der Waals surface area contributed by atoms with Crippen LogP contribution in [-0.4, -0.2) is 53.2 Å². The highest BCUT2D eigenvalue weighted by atomic mass is 35.5. The summed E-state index contributed by atoms with van der Waals surface area (Å²) in [5.74, 6) is -1.22. The van der Waals surface area contributed by atoms with Crippen LogP contribution in [0.15, 0.2) is 82.0 Å². The minimum Gasteiger partial charge on any atom is -0.451 e. The zero-order chi connectivity index (χ0) is 34.7. The number of rotatable bonds is 8. The molecule has 2 saturated heterocycles. The number of alkyl halides is 3. The van der Waals surface area contributed by atoms with E-state index in [1.54, 1.807) is 29.2 Å². The fraction of sp³-hybridized carbons (Fsp3) is 0.351. The Morgan fingerprint density at radius 3 is 2.39 bits per heavy atom. The Morgan fingerprint density at radius 1 is 0.939 bits per heavy atom. The molecule has 2 aliphatic heterocycles. The molecule has 1 N–H and O–H groups in total. The summed E-state index contributed by atoms with van der Waals surface area (Å²) < 4.78 is 45.2. The zero-order valence-corrected chi connectivity index (χ0v) is 27.4. The summed E-state index contributed by atoms with van der Waals surface area (Å²) in [5.41, 5.74) is 1.01. The number of benzene rings is 3. The Labute approximate surface area is 285 Å². The molecule has 0 unspecified atom stereocenters. The van der Waals surface area contributed by atoms with E-state index in [1.165, 1.54) is 5.56 Å². The number of carbonyl (C=O) groups excluding carboxylic acids is 3. The Hall–Kier alpha value is -4.64. The van der Waals surface area contributed by atoms with Gasteiger partial charge in [0.1, 0.15) is 11.6 Å². The van der Waals surface area contributed by atoms with E-state index in [0.29, 0.717) is 50.0 Å². The smallest absolute Gasteiger partial charge is 0.416 e. The lowest BCUT2D eigenvalue weighted by Crippen LogP contribution is -2.51. The van der Waals surface area contributed by atoms with Crippen molar-refractivity contribution in [1.82, 2.24) is 15.1 Å². The van der Waals surface area contributed by atoms with Crippen molar-refractivity contribution in [3.63, 3.8) is 0 Å². The number of likely N-dealkylation sites (tertiary alicyclic amines) is 2. The van der Waals surface area contributed by atoms with Crippen molar-refractivity contribution in [2.75, 3.05) is 19.6 Å². The van der Waals surface area contributed by atoms with Crippen LogP contribution >= 0.6 is 11.6 Å². The van der Waals surface area contributed by atoms with E-state index in [0.717, 1.165) is 48.7 Å². The second-order valence-corrected chi connectivity index (χ2v) is 13.0. The van der Waals surface area contributed by atoms with Crippen LogP contribution in [0.2, 0.25) is 5.02 Å². The SMILES string of the molecule is O=C(N[C@@H](Cc1ccc(Cl)cc1)C(=O)N1CCC(c2ccccc2CN2CCCCC2=O)CC1)c1cc(=O)c2cc(C(F)(F)F)ccc2o1. The normalized spacial score (nSPS) is 16.5. The van der Waals surface area contributed by atoms with Gasteiger partial charge in [-0.2, -0.15) is 13.2 Å². The first kappa shape index (κ1) is 34.2. The molecule has 0 spiro atoms. The number of nitrogens with zero attached hydrogens (tertiary/aromatic N) is 2. The van der Waals surface area contributed by atoms with Gasteiger partial charge >= 0.3 is 6.18 Å². The molecule has 2 aliphatic rings. The quantitative estimate of drug-likeness (QED) is 0.221. The molecule has 8 nitrogen and oxygen atoms in total. The van der Waals surface area contributed by atoms with Gasteiger partial charge in [0.05, 0.1) is 10.9 Å². The summed E-state index contributed by atoms with van der Waals surface area (Å²) in [6.07, 6.45) is -0.649. The Morgan fingerprint density at radius 2 is 1.67 bits per heavy atom. The molecule has 2 fully saturated rings. The molecule has 49 heavy (non-hydrogen) atoms. The van der Waals surface area contributed by atoms with Gasteiger partial charge in [0.2, 0.25) is 11.8 Å². The number of fused-ring (bicyclic) bond motifs is 1. The van der Waals surface area contributed by atoms with Gasteiger partial charge in [-0.3, -0.25) is 19.2 Å². The molecule has 0 aliphatic carbocycles. The first-order chi connectivity index (χ1) is 23.5. The molecule has 1 aromatic heterocycles. The summed E-state index contributed by atoms with van der Waals surface area (Å²) >= 11 is 6.06. The fourth-order valence-electron chi connectivity index (χ4n) is 6.67. The number of carbonyl (C=O) groups is 3. The predicted molar refractivity (Wildman–Crippen MR) is 178 cm³/mol. The van der Waals surface area contributed by atoms with E-state index in [1.807, 2.05) is 17.0 Å². The molecule has 3 amide bonds. The first-order valence-corrected chi connectivity index (χ1v) is 16.7. The maximum absolute atomic E-state index is 14.0. The molecule has 0 saturated carbocycles. The monoisotopic (exact) mass is 693 g/mol. The second kappa shape index (κ2) is 14.5. The highest BCUT2D eigenvalue weighted by Gasteiger charge is 2.33. The predicted octanol–water partition coefficient (Wildman–Crippen LogP) is 6.73. The van der Waals surface area contributed by atoms with Crippen molar-refractivity contribution in [2.24, 2.45) is 0 Å². The van der Waals surface area contributed by atoms with Crippen LogP contribution in [0.3, 0.4) is 0 Å².